The van der Waals surface area contributed by atoms with Crippen molar-refractivity contribution in [3.05, 3.63) is 0 Å². The van der Waals surface area contributed by atoms with Crippen LogP contribution in [-0.2, 0) is 9.19 Å². The molecule has 0 aromatic carbocycles. The summed E-state index contributed by atoms with van der Waals surface area (Å²) in [5, 5.41) is 0. The summed E-state index contributed by atoms with van der Waals surface area (Å²) in [6.07, 6.45) is 2.80. The van der Waals surface area contributed by atoms with Crippen molar-refractivity contribution < 1.29 is 19.0 Å². The fourth-order valence-corrected chi connectivity index (χ4v) is 1.26. The van der Waals surface area contributed by atoms with Gasteiger partial charge in [-0.05, 0) is 25.8 Å². The summed E-state index contributed by atoms with van der Waals surface area (Å²) in [6.45, 7) is 0.637. The van der Waals surface area contributed by atoms with Gasteiger partial charge in [0.15, 0.2) is 0 Å². The number of aliphatic imine (C=N–C) groups is 1. The Kier molecular flexibility index (Phi) is 8.05. The number of phosphoric acid groups is 1. The van der Waals surface area contributed by atoms with Crippen LogP contribution in [0.4, 0.5) is 0 Å². The van der Waals surface area contributed by atoms with Crippen molar-refractivity contribution in [1.82, 2.24) is 5.48 Å². The van der Waals surface area contributed by atoms with Crippen LogP contribution < -0.4 is 22.7 Å². The van der Waals surface area contributed by atoms with E-state index in [9.17, 15) is 4.57 Å². The minimum absolute atomic E-state index is 0.278. The number of nitrogens with zero attached hydrogens (tertiary/aromatic N) is 1. The molecule has 0 aromatic heterocycles. The normalized spacial score (nSPS) is 14.7. The first-order valence-corrected chi connectivity index (χ1v) is 6.67. The molecule has 0 saturated heterocycles. The SMILES string of the molecule is NCCCCCC(N)N=C(N)NOP(=O)(O)O. The Labute approximate surface area is 99.6 Å². The third-order valence-electron chi connectivity index (χ3n) is 1.78. The maximum Gasteiger partial charge on any atom is 0.491 e. The molecule has 0 heterocycles. The van der Waals surface area contributed by atoms with Gasteiger partial charge in [-0.3, -0.25) is 0 Å². The van der Waals surface area contributed by atoms with Gasteiger partial charge in [0.1, 0.15) is 6.17 Å². The Morgan fingerprint density at radius 3 is 2.59 bits per heavy atom. The number of nitrogens with one attached hydrogen (secondary N) is 1. The topological polar surface area (TPSA) is 169 Å². The third-order valence-corrected chi connectivity index (χ3v) is 2.11. The van der Waals surface area contributed by atoms with Gasteiger partial charge in [0.05, 0.1) is 0 Å². The van der Waals surface area contributed by atoms with Crippen molar-refractivity contribution in [2.24, 2.45) is 22.2 Å². The lowest BCUT2D eigenvalue weighted by Gasteiger charge is -2.10. The van der Waals surface area contributed by atoms with Crippen LogP contribution in [-0.4, -0.2) is 28.5 Å². The van der Waals surface area contributed by atoms with Gasteiger partial charge in [-0.1, -0.05) is 6.42 Å². The minimum Gasteiger partial charge on any atom is -0.368 e. The van der Waals surface area contributed by atoms with Gasteiger partial charge in [-0.2, -0.15) is 4.62 Å². The van der Waals surface area contributed by atoms with Crippen LogP contribution in [0.5, 0.6) is 0 Å². The van der Waals surface area contributed by atoms with E-state index in [2.05, 4.69) is 9.62 Å². The summed E-state index contributed by atoms with van der Waals surface area (Å²) < 4.78 is 14.2. The molecule has 0 aliphatic carbocycles. The lowest BCUT2D eigenvalue weighted by molar-refractivity contribution is 0.162. The average Bonchev–Trinajstić information content (AvgIpc) is 2.21. The number of hydrogen-bond acceptors (Lipinski definition) is 5. The van der Waals surface area contributed by atoms with E-state index in [4.69, 9.17) is 27.0 Å². The monoisotopic (exact) mass is 269 g/mol. The largest absolute Gasteiger partial charge is 0.491 e. The van der Waals surface area contributed by atoms with E-state index in [0.717, 1.165) is 19.3 Å². The van der Waals surface area contributed by atoms with Gasteiger partial charge in [0.2, 0.25) is 5.96 Å². The van der Waals surface area contributed by atoms with Crippen LogP contribution >= 0.6 is 7.82 Å². The Hall–Kier alpha value is -0.700. The van der Waals surface area contributed by atoms with Gasteiger partial charge in [0.25, 0.3) is 0 Å². The quantitative estimate of drug-likeness (QED) is 0.104. The van der Waals surface area contributed by atoms with Crippen molar-refractivity contribution in [2.75, 3.05) is 6.54 Å². The van der Waals surface area contributed by atoms with Crippen LogP contribution in [0.25, 0.3) is 0 Å². The van der Waals surface area contributed by atoms with Crippen LogP contribution in [0.15, 0.2) is 4.99 Å². The van der Waals surface area contributed by atoms with Crippen molar-refractivity contribution in [3.63, 3.8) is 0 Å². The highest BCUT2D eigenvalue weighted by molar-refractivity contribution is 7.46. The summed E-state index contributed by atoms with van der Waals surface area (Å²) in [7, 11) is -4.62. The minimum atomic E-state index is -4.62. The number of hydrogen-bond donors (Lipinski definition) is 6. The van der Waals surface area contributed by atoms with Crippen LogP contribution in [0.1, 0.15) is 25.7 Å². The predicted molar refractivity (Wildman–Crippen MR) is 63.4 cm³/mol. The second-order valence-corrected chi connectivity index (χ2v) is 4.57. The highest BCUT2D eigenvalue weighted by atomic mass is 31.2. The molecule has 0 aromatic rings. The second kappa shape index (κ2) is 8.40. The molecule has 0 rings (SSSR count). The van der Waals surface area contributed by atoms with Crippen LogP contribution in [0.2, 0.25) is 0 Å². The maximum absolute atomic E-state index is 10.3. The summed E-state index contributed by atoms with van der Waals surface area (Å²) in [5.74, 6) is -0.278. The Balaban J connectivity index is 3.82. The molecule has 0 radical (unpaired) electrons. The van der Waals surface area contributed by atoms with Gasteiger partial charge in [-0.25, -0.2) is 15.0 Å². The Morgan fingerprint density at radius 2 is 2.06 bits per heavy atom. The van der Waals surface area contributed by atoms with Crippen molar-refractivity contribution in [2.45, 2.75) is 31.8 Å². The van der Waals surface area contributed by atoms with Gasteiger partial charge in [-0.15, -0.1) is 0 Å². The molecule has 1 unspecified atom stereocenters. The molecule has 0 aliphatic heterocycles. The smallest absolute Gasteiger partial charge is 0.368 e. The molecular weight excluding hydrogens is 249 g/mol. The van der Waals surface area contributed by atoms with Gasteiger partial charge >= 0.3 is 7.82 Å². The maximum atomic E-state index is 10.3. The zero-order valence-electron chi connectivity index (χ0n) is 9.45. The standard InChI is InChI=1S/C7H20N5O4P/c8-5-3-1-2-4-6(9)11-7(10)12-16-17(13,14)15/h6H,1-5,8-9H2,(H3,10,11,12)(H2,13,14,15). The van der Waals surface area contributed by atoms with E-state index in [-0.39, 0.29) is 5.96 Å². The zero-order chi connectivity index (χ0) is 13.3. The summed E-state index contributed by atoms with van der Waals surface area (Å²) in [6, 6.07) is 0. The number of rotatable bonds is 8. The van der Waals surface area contributed by atoms with Crippen LogP contribution in [0, 0.1) is 0 Å². The molecule has 0 amide bonds. The van der Waals surface area contributed by atoms with E-state index in [1.54, 1.807) is 0 Å². The molecule has 0 bridgehead atoms. The number of unbranched alkanes of at least 4 members (excludes halogenated alkanes) is 2. The fraction of sp³-hybridized carbons (Fsp3) is 0.857. The van der Waals surface area contributed by atoms with Crippen molar-refractivity contribution in [1.29, 1.82) is 0 Å². The van der Waals surface area contributed by atoms with E-state index in [1.165, 1.54) is 0 Å². The van der Waals surface area contributed by atoms with Crippen molar-refractivity contribution >= 4 is 13.8 Å². The van der Waals surface area contributed by atoms with Crippen molar-refractivity contribution in [3.8, 4) is 0 Å². The Bertz CT molecular complexity index is 281. The van der Waals surface area contributed by atoms with E-state index < -0.39 is 14.0 Å². The molecule has 0 saturated carbocycles. The lowest BCUT2D eigenvalue weighted by atomic mass is 10.2. The second-order valence-electron chi connectivity index (χ2n) is 3.40. The zero-order valence-corrected chi connectivity index (χ0v) is 10.3. The Morgan fingerprint density at radius 1 is 1.41 bits per heavy atom. The molecule has 9 N–H and O–H groups in total. The van der Waals surface area contributed by atoms with Gasteiger partial charge in [0, 0.05) is 0 Å². The molecule has 102 valence electrons. The molecule has 9 nitrogen and oxygen atoms in total. The first-order valence-electron chi connectivity index (χ1n) is 5.14. The van der Waals surface area contributed by atoms with E-state index in [1.807, 2.05) is 5.48 Å². The summed E-state index contributed by atoms with van der Waals surface area (Å²) in [5.41, 5.74) is 18.0. The third kappa shape index (κ3) is 11.6. The van der Waals surface area contributed by atoms with Crippen LogP contribution in [0.3, 0.4) is 0 Å². The number of nitrogens with two attached hydrogens (primary N) is 3. The first kappa shape index (κ1) is 16.3. The number of guanidine groups is 1. The van der Waals surface area contributed by atoms with Gasteiger partial charge < -0.3 is 27.0 Å². The highest BCUT2D eigenvalue weighted by Gasteiger charge is 2.14. The lowest BCUT2D eigenvalue weighted by Crippen LogP contribution is -2.34. The molecule has 0 aliphatic rings. The molecule has 1 atom stereocenters. The highest BCUT2D eigenvalue weighted by Crippen LogP contribution is 2.33. The molecular formula is C7H20N5O4P. The van der Waals surface area contributed by atoms with E-state index in [0.29, 0.717) is 13.0 Å². The van der Waals surface area contributed by atoms with E-state index >= 15 is 0 Å². The first-order chi connectivity index (χ1) is 7.85. The molecule has 17 heavy (non-hydrogen) atoms. The molecule has 0 fully saturated rings. The average molecular weight is 269 g/mol. The molecule has 0 spiro atoms. The number of hydroxylamine groups is 1. The predicted octanol–water partition coefficient (Wildman–Crippen LogP) is -1.28. The fourth-order valence-electron chi connectivity index (χ4n) is 1.05. The summed E-state index contributed by atoms with van der Waals surface area (Å²) in [4.78, 5) is 20.5. The summed E-state index contributed by atoms with van der Waals surface area (Å²) >= 11 is 0. The molecule has 10 heteroatoms.